The molecular formula is C100H175NO18. The van der Waals surface area contributed by atoms with Crippen molar-refractivity contribution in [2.45, 2.75) is 478 Å². The van der Waals surface area contributed by atoms with Crippen LogP contribution >= 0.6 is 0 Å². The highest BCUT2D eigenvalue weighted by Crippen LogP contribution is 2.34. The Morgan fingerprint density at radius 3 is 0.941 bits per heavy atom. The fraction of sp³-hybridized carbons (Fsp3) is 0.790. The maximum atomic E-state index is 13.5. The lowest BCUT2D eigenvalue weighted by Gasteiger charge is -2.48. The van der Waals surface area contributed by atoms with Gasteiger partial charge in [0.15, 0.2) is 18.9 Å². The highest BCUT2D eigenvalue weighted by molar-refractivity contribution is 5.76. The van der Waals surface area contributed by atoms with Crippen LogP contribution in [0.5, 0.6) is 0 Å². The number of hydrogen-bond acceptors (Lipinski definition) is 18. The first-order valence-electron chi connectivity index (χ1n) is 48.3. The van der Waals surface area contributed by atoms with Gasteiger partial charge < -0.3 is 89.9 Å². The molecule has 0 aromatic carbocycles. The van der Waals surface area contributed by atoms with Crippen molar-refractivity contribution >= 4 is 5.91 Å². The molecular weight excluding hydrogens is 1500 g/mol. The summed E-state index contributed by atoms with van der Waals surface area (Å²) in [6.45, 7) is 1.65. The van der Waals surface area contributed by atoms with Crippen LogP contribution in [0.3, 0.4) is 0 Å². The molecule has 17 atom stereocenters. The second-order valence-electron chi connectivity index (χ2n) is 33.8. The monoisotopic (exact) mass is 1680 g/mol. The molecule has 119 heavy (non-hydrogen) atoms. The number of allylic oxidation sites excluding steroid dienone is 19. The Kier molecular flexibility index (Phi) is 71.4. The molecule has 19 heteroatoms. The molecule has 3 aliphatic rings. The van der Waals surface area contributed by atoms with E-state index in [9.17, 15) is 61.0 Å². The smallest absolute Gasteiger partial charge is 0.220 e. The zero-order valence-corrected chi connectivity index (χ0v) is 74.6. The minimum absolute atomic E-state index is 0.231. The third kappa shape index (κ3) is 55.3. The van der Waals surface area contributed by atoms with E-state index < -0.39 is 124 Å². The molecule has 3 rings (SSSR count). The summed E-state index contributed by atoms with van der Waals surface area (Å²) in [7, 11) is 0. The minimum Gasteiger partial charge on any atom is -0.394 e. The average Bonchev–Trinajstić information content (AvgIpc) is 0.778. The SMILES string of the molecule is CC/C=C\C/C=C\C/C=C\C/C=C\C/C=C\C/C=C\C/C=C\C/C=C\CCCCCCCCCCCCCCCCCCC(=O)NC(COC1OC(CO)C(OC2OC(CO)C(OC3OC(CO)C(O)C(O)C3O)C(O)C2O)C(O)C1O)C(O)/C=C/CC/C=C/CCCCCCCCCCCCCCCCCCCCCCCCCCCCC. The van der Waals surface area contributed by atoms with Crippen LogP contribution in [0.4, 0.5) is 0 Å². The number of hydrogen-bond donors (Lipinski definition) is 12. The molecule has 3 aliphatic heterocycles. The van der Waals surface area contributed by atoms with E-state index in [0.29, 0.717) is 12.8 Å². The number of aliphatic hydroxyl groups is 11. The number of aliphatic hydroxyl groups excluding tert-OH is 11. The molecule has 0 bridgehead atoms. The van der Waals surface area contributed by atoms with Crippen molar-refractivity contribution in [1.29, 1.82) is 0 Å². The van der Waals surface area contributed by atoms with Gasteiger partial charge in [-0.05, 0) is 96.3 Å². The van der Waals surface area contributed by atoms with E-state index >= 15 is 0 Å². The molecule has 0 saturated carbocycles. The first-order chi connectivity index (χ1) is 58.3. The second-order valence-corrected chi connectivity index (χ2v) is 33.8. The van der Waals surface area contributed by atoms with Crippen molar-refractivity contribution in [1.82, 2.24) is 5.32 Å². The van der Waals surface area contributed by atoms with E-state index in [-0.39, 0.29) is 18.9 Å². The van der Waals surface area contributed by atoms with E-state index in [1.807, 2.05) is 6.08 Å². The van der Waals surface area contributed by atoms with Gasteiger partial charge in [-0.15, -0.1) is 0 Å². The van der Waals surface area contributed by atoms with Gasteiger partial charge in [0.05, 0.1) is 38.6 Å². The van der Waals surface area contributed by atoms with Gasteiger partial charge in [0.2, 0.25) is 5.91 Å². The molecule has 1 amide bonds. The van der Waals surface area contributed by atoms with Crippen LogP contribution in [0, 0.1) is 0 Å². The van der Waals surface area contributed by atoms with Crippen molar-refractivity contribution < 1.29 is 89.4 Å². The Hall–Kier alpha value is -3.81. The predicted octanol–water partition coefficient (Wildman–Crippen LogP) is 19.7. The summed E-state index contributed by atoms with van der Waals surface area (Å²) in [5.74, 6) is -0.284. The number of unbranched alkanes of at least 4 members (excludes halogenated alkanes) is 44. The molecule has 0 radical (unpaired) electrons. The third-order valence-corrected chi connectivity index (χ3v) is 23.2. The van der Waals surface area contributed by atoms with Crippen molar-refractivity contribution in [3.05, 3.63) is 122 Å². The fourth-order valence-corrected chi connectivity index (χ4v) is 15.6. The van der Waals surface area contributed by atoms with Gasteiger partial charge in [0, 0.05) is 6.42 Å². The molecule has 3 fully saturated rings. The maximum Gasteiger partial charge on any atom is 0.220 e. The highest BCUT2D eigenvalue weighted by atomic mass is 16.8. The van der Waals surface area contributed by atoms with Crippen molar-refractivity contribution in [3.63, 3.8) is 0 Å². The number of ether oxygens (including phenoxy) is 6. The Bertz CT molecular complexity index is 2620. The average molecular weight is 1680 g/mol. The molecule has 12 N–H and O–H groups in total. The minimum atomic E-state index is -1.99. The molecule has 0 aromatic heterocycles. The van der Waals surface area contributed by atoms with E-state index in [1.54, 1.807) is 6.08 Å². The summed E-state index contributed by atoms with van der Waals surface area (Å²) in [6, 6.07) is -0.999. The van der Waals surface area contributed by atoms with Crippen molar-refractivity contribution in [2.75, 3.05) is 26.4 Å². The van der Waals surface area contributed by atoms with Gasteiger partial charge >= 0.3 is 0 Å². The Balaban J connectivity index is 1.31. The maximum absolute atomic E-state index is 13.5. The first-order valence-corrected chi connectivity index (χ1v) is 48.3. The van der Waals surface area contributed by atoms with Gasteiger partial charge in [0.25, 0.3) is 0 Å². The Labute approximate surface area is 722 Å². The molecule has 19 nitrogen and oxygen atoms in total. The van der Waals surface area contributed by atoms with E-state index in [2.05, 4.69) is 129 Å². The van der Waals surface area contributed by atoms with Crippen LogP contribution < -0.4 is 5.32 Å². The Morgan fingerprint density at radius 1 is 0.311 bits per heavy atom. The first kappa shape index (κ1) is 109. The number of nitrogens with one attached hydrogen (secondary N) is 1. The van der Waals surface area contributed by atoms with E-state index in [4.69, 9.17) is 28.4 Å². The van der Waals surface area contributed by atoms with Crippen LogP contribution in [-0.4, -0.2) is 193 Å². The summed E-state index contributed by atoms with van der Waals surface area (Å²) < 4.78 is 34.5. The zero-order chi connectivity index (χ0) is 85.9. The largest absolute Gasteiger partial charge is 0.394 e. The number of rotatable bonds is 78. The predicted molar refractivity (Wildman–Crippen MR) is 484 cm³/mol. The number of carbonyl (C=O) groups is 1. The van der Waals surface area contributed by atoms with Crippen LogP contribution in [0.1, 0.15) is 373 Å². The summed E-state index contributed by atoms with van der Waals surface area (Å²) in [6.07, 6.45) is 85.1. The molecule has 0 aliphatic carbocycles. The number of amides is 1. The van der Waals surface area contributed by atoms with Gasteiger partial charge in [-0.25, -0.2) is 0 Å². The summed E-state index contributed by atoms with van der Waals surface area (Å²) in [5.41, 5.74) is 0. The normalized spacial score (nSPS) is 24.7. The summed E-state index contributed by atoms with van der Waals surface area (Å²) >= 11 is 0. The Morgan fingerprint density at radius 2 is 0.588 bits per heavy atom. The molecule has 3 heterocycles. The lowest BCUT2D eigenvalue weighted by molar-refractivity contribution is -0.379. The molecule has 0 aromatic rings. The summed E-state index contributed by atoms with van der Waals surface area (Å²) in [4.78, 5) is 13.5. The highest BCUT2D eigenvalue weighted by Gasteiger charge is 2.54. The van der Waals surface area contributed by atoms with E-state index in [0.717, 1.165) is 89.9 Å². The lowest BCUT2D eigenvalue weighted by Crippen LogP contribution is -2.66. The third-order valence-electron chi connectivity index (χ3n) is 23.2. The number of carbonyl (C=O) groups excluding carboxylic acids is 1. The molecule has 17 unspecified atom stereocenters. The van der Waals surface area contributed by atoms with Crippen molar-refractivity contribution in [2.24, 2.45) is 0 Å². The van der Waals surface area contributed by atoms with Gasteiger partial charge in [0.1, 0.15) is 73.2 Å². The second kappa shape index (κ2) is 77.7. The lowest BCUT2D eigenvalue weighted by atomic mass is 9.96. The van der Waals surface area contributed by atoms with Crippen molar-refractivity contribution in [3.8, 4) is 0 Å². The topological polar surface area (TPSA) is 307 Å². The molecule has 688 valence electrons. The van der Waals surface area contributed by atoms with Gasteiger partial charge in [-0.1, -0.05) is 392 Å². The van der Waals surface area contributed by atoms with Gasteiger partial charge in [-0.2, -0.15) is 0 Å². The molecule has 0 spiro atoms. The molecule has 3 saturated heterocycles. The summed E-state index contributed by atoms with van der Waals surface area (Å²) in [5, 5.41) is 121. The van der Waals surface area contributed by atoms with Gasteiger partial charge in [-0.3, -0.25) is 4.79 Å². The van der Waals surface area contributed by atoms with Crippen LogP contribution in [0.25, 0.3) is 0 Å². The van der Waals surface area contributed by atoms with E-state index in [1.165, 1.54) is 250 Å². The quantitative estimate of drug-likeness (QED) is 0.0199. The van der Waals surface area contributed by atoms with Crippen LogP contribution in [0.2, 0.25) is 0 Å². The van der Waals surface area contributed by atoms with Crippen LogP contribution in [-0.2, 0) is 33.2 Å². The fourth-order valence-electron chi connectivity index (χ4n) is 15.6. The van der Waals surface area contributed by atoms with Crippen LogP contribution in [0.15, 0.2) is 122 Å². The zero-order valence-electron chi connectivity index (χ0n) is 74.6. The standard InChI is InChI=1S/C100H175NO18/c1-3-5-7-9-11-13-15-17-19-21-23-25-27-29-31-33-35-37-38-39-40-41-42-43-44-46-48-50-52-54-56-58-60-62-64-66-68-70-72-74-76-78-88(106)101-83(84(105)77-75-73-71-69-67-65-63-61-59-57-55-53-51-49-47-45-36-34-32-30-28-26-24-22-20-18-16-14-12-10-8-6-4-2)82-114-98-94(112)91(109)96(86(80-103)116-98)119-100-95(113)92(110)97(87(81-104)117-100)118-99-93(111)90(108)89(107)85(79-102)115-99/h5,7,11,13,17,19,23,25,29,31,35,37,39-40,42-43,67,69,75,77,83-87,89-100,102-105,107-113H,3-4,6,8-10,12,14-16,18,20-22,24,26-28,30,32-34,36,38,41,44-66,68,70-74,76,78-82H2,1-2H3,(H,101,106)/b7-5-,13-11-,19-17-,25-23-,31-29-,37-35-,40-39-,43-42-,69-67+,77-75+.